The zero-order valence-electron chi connectivity index (χ0n) is 25.4. The number of allylic oxidation sites excluding steroid dienone is 1. The van der Waals surface area contributed by atoms with Crippen molar-refractivity contribution in [3.8, 4) is 11.5 Å². The molecule has 37 heavy (non-hydrogen) atoms. The van der Waals surface area contributed by atoms with E-state index in [9.17, 15) is 0 Å². The number of ether oxygens (including phenoxy) is 1. The van der Waals surface area contributed by atoms with E-state index < -0.39 is 0 Å². The van der Waals surface area contributed by atoms with Gasteiger partial charge in [0.2, 0.25) is 0 Å². The van der Waals surface area contributed by atoms with Crippen LogP contribution in [-0.4, -0.2) is 0 Å². The topological polar surface area (TPSA) is 9.23 Å². The van der Waals surface area contributed by atoms with Gasteiger partial charge in [-0.1, -0.05) is 125 Å². The van der Waals surface area contributed by atoms with Gasteiger partial charge in [0.1, 0.15) is 11.5 Å². The summed E-state index contributed by atoms with van der Waals surface area (Å²) in [5, 5.41) is 2.43. The molecule has 0 fully saturated rings. The normalized spacial score (nSPS) is 15.0. The molecule has 198 valence electrons. The van der Waals surface area contributed by atoms with Crippen molar-refractivity contribution in [2.45, 2.75) is 112 Å². The predicted octanol–water partition coefficient (Wildman–Crippen LogP) is 10.9. The van der Waals surface area contributed by atoms with Crippen LogP contribution < -0.4 is 4.74 Å². The van der Waals surface area contributed by atoms with Gasteiger partial charge in [-0.25, -0.2) is 0 Å². The van der Waals surface area contributed by atoms with Gasteiger partial charge in [0, 0.05) is 10.9 Å². The Kier molecular flexibility index (Phi) is 6.72. The van der Waals surface area contributed by atoms with Crippen molar-refractivity contribution in [3.05, 3.63) is 75.9 Å². The lowest BCUT2D eigenvalue weighted by atomic mass is 9.76. The first-order valence-corrected chi connectivity index (χ1v) is 14.0. The van der Waals surface area contributed by atoms with Crippen LogP contribution in [0, 0.1) is 5.41 Å². The van der Waals surface area contributed by atoms with Crippen molar-refractivity contribution in [2.24, 2.45) is 5.41 Å². The summed E-state index contributed by atoms with van der Waals surface area (Å²) in [5.74, 6) is 1.97. The highest BCUT2D eigenvalue weighted by molar-refractivity contribution is 5.90. The summed E-state index contributed by atoms with van der Waals surface area (Å²) in [5.41, 5.74) is 8.50. The van der Waals surface area contributed by atoms with Crippen LogP contribution in [0.25, 0.3) is 16.8 Å². The van der Waals surface area contributed by atoms with E-state index in [2.05, 4.69) is 132 Å². The first-order valence-electron chi connectivity index (χ1n) is 14.0. The van der Waals surface area contributed by atoms with Crippen LogP contribution in [0.5, 0.6) is 11.5 Å². The van der Waals surface area contributed by atoms with Crippen LogP contribution in [0.1, 0.15) is 117 Å². The maximum atomic E-state index is 6.98. The molecular weight excluding hydrogens is 448 g/mol. The Morgan fingerprint density at radius 2 is 1.08 bits per heavy atom. The first-order chi connectivity index (χ1) is 16.8. The molecule has 0 saturated heterocycles. The Labute approximate surface area is 226 Å². The molecular formula is C36H48O. The van der Waals surface area contributed by atoms with Crippen molar-refractivity contribution in [3.63, 3.8) is 0 Å². The van der Waals surface area contributed by atoms with Gasteiger partial charge in [-0.2, -0.15) is 0 Å². The quantitative estimate of drug-likeness (QED) is 0.343. The van der Waals surface area contributed by atoms with E-state index in [4.69, 9.17) is 4.74 Å². The molecule has 1 aliphatic carbocycles. The lowest BCUT2D eigenvalue weighted by molar-refractivity contribution is 0.463. The molecule has 0 N–H and O–H groups in total. The summed E-state index contributed by atoms with van der Waals surface area (Å²) in [6.07, 6.45) is 4.53. The molecule has 0 saturated carbocycles. The largest absolute Gasteiger partial charge is 0.456 e. The molecule has 0 radical (unpaired) electrons. The number of fused-ring (bicyclic) bond motifs is 2. The van der Waals surface area contributed by atoms with E-state index in [-0.39, 0.29) is 21.7 Å². The summed E-state index contributed by atoms with van der Waals surface area (Å²) < 4.78 is 6.98. The molecule has 3 aromatic carbocycles. The molecule has 0 amide bonds. The van der Waals surface area contributed by atoms with Gasteiger partial charge in [-0.05, 0) is 74.3 Å². The lowest BCUT2D eigenvalue weighted by Crippen LogP contribution is -2.16. The van der Waals surface area contributed by atoms with Crippen LogP contribution in [0.15, 0.2) is 48.0 Å². The van der Waals surface area contributed by atoms with E-state index in [0.717, 1.165) is 24.3 Å². The van der Waals surface area contributed by atoms with E-state index in [0.29, 0.717) is 0 Å². The molecule has 1 heteroatoms. The van der Waals surface area contributed by atoms with Gasteiger partial charge in [-0.15, -0.1) is 0 Å². The Bertz CT molecular complexity index is 1350. The van der Waals surface area contributed by atoms with Crippen molar-refractivity contribution in [2.75, 3.05) is 0 Å². The number of rotatable bonds is 2. The number of benzene rings is 3. The van der Waals surface area contributed by atoms with E-state index in [1.54, 1.807) is 0 Å². The van der Waals surface area contributed by atoms with Gasteiger partial charge in [0.25, 0.3) is 0 Å². The third kappa shape index (κ3) is 5.82. The molecule has 0 heterocycles. The maximum Gasteiger partial charge on any atom is 0.135 e. The molecule has 0 atom stereocenters. The highest BCUT2D eigenvalue weighted by Gasteiger charge is 2.26. The Hall–Kier alpha value is -2.54. The molecule has 0 spiro atoms. The van der Waals surface area contributed by atoms with Crippen LogP contribution in [0.2, 0.25) is 0 Å². The van der Waals surface area contributed by atoms with Crippen molar-refractivity contribution in [1.29, 1.82) is 0 Å². The minimum atomic E-state index is 0.0288. The van der Waals surface area contributed by atoms with Gasteiger partial charge in [-0.3, -0.25) is 0 Å². The van der Waals surface area contributed by atoms with Crippen molar-refractivity contribution < 1.29 is 4.74 Å². The highest BCUT2D eigenvalue weighted by Crippen LogP contribution is 2.44. The molecule has 0 unspecified atom stereocenters. The third-order valence-electron chi connectivity index (χ3n) is 7.91. The maximum absolute atomic E-state index is 6.98. The van der Waals surface area contributed by atoms with E-state index in [1.807, 2.05) is 0 Å². The molecule has 1 nitrogen and oxygen atoms in total. The average Bonchev–Trinajstić information content (AvgIpc) is 2.75. The second kappa shape index (κ2) is 9.04. The zero-order chi connectivity index (χ0) is 27.6. The van der Waals surface area contributed by atoms with E-state index in [1.165, 1.54) is 44.2 Å². The fourth-order valence-electron chi connectivity index (χ4n) is 5.14. The summed E-state index contributed by atoms with van der Waals surface area (Å²) in [7, 11) is 0. The van der Waals surface area contributed by atoms with E-state index >= 15 is 0 Å². The fraction of sp³-hybridized carbons (Fsp3) is 0.500. The second-order valence-electron chi connectivity index (χ2n) is 15.2. The molecule has 0 aromatic heterocycles. The van der Waals surface area contributed by atoms with Gasteiger partial charge >= 0.3 is 0 Å². The summed E-state index contributed by atoms with van der Waals surface area (Å²) >= 11 is 0. The van der Waals surface area contributed by atoms with Gasteiger partial charge < -0.3 is 4.74 Å². The molecule has 3 aromatic rings. The Balaban J connectivity index is 1.93. The Morgan fingerprint density at radius 3 is 1.65 bits per heavy atom. The second-order valence-corrected chi connectivity index (χ2v) is 15.2. The van der Waals surface area contributed by atoms with Crippen LogP contribution in [0.4, 0.5) is 0 Å². The van der Waals surface area contributed by atoms with Crippen LogP contribution in [0.3, 0.4) is 0 Å². The predicted molar refractivity (Wildman–Crippen MR) is 162 cm³/mol. The average molecular weight is 497 g/mol. The molecule has 0 bridgehead atoms. The smallest absolute Gasteiger partial charge is 0.135 e. The third-order valence-corrected chi connectivity index (χ3v) is 7.91. The molecule has 0 aliphatic heterocycles. The van der Waals surface area contributed by atoms with Gasteiger partial charge in [0.15, 0.2) is 0 Å². The standard InChI is InChI=1S/C36H48O/c1-33(2,3)25-13-15-29-23(17-25)19-27(35(7,8)9)21-31(29)37-32-22-28(36(10,11)12)20-24-18-26(34(4,5)6)14-16-30(24)32/h13,15,17-22H,14,16H2,1-12H3. The summed E-state index contributed by atoms with van der Waals surface area (Å²) in [4.78, 5) is 0. The SMILES string of the molecule is CC(C)(C)C1=Cc2cc(C(C)(C)C)cc(Oc3cc(C(C)(C)C)cc4cc(C(C)(C)C)ccc34)c2CC1. The zero-order valence-corrected chi connectivity index (χ0v) is 25.4. The lowest BCUT2D eigenvalue weighted by Gasteiger charge is -2.30. The fourth-order valence-corrected chi connectivity index (χ4v) is 5.14. The monoisotopic (exact) mass is 496 g/mol. The van der Waals surface area contributed by atoms with Crippen molar-refractivity contribution in [1.82, 2.24) is 0 Å². The number of hydrogen-bond donors (Lipinski definition) is 0. The minimum absolute atomic E-state index is 0.0288. The van der Waals surface area contributed by atoms with Crippen LogP contribution >= 0.6 is 0 Å². The van der Waals surface area contributed by atoms with Crippen LogP contribution in [-0.2, 0) is 22.7 Å². The number of hydrogen-bond acceptors (Lipinski definition) is 1. The summed E-state index contributed by atoms with van der Waals surface area (Å²) in [6, 6.07) is 16.2. The molecule has 1 aliphatic rings. The highest BCUT2D eigenvalue weighted by atomic mass is 16.5. The van der Waals surface area contributed by atoms with Crippen molar-refractivity contribution >= 4 is 16.8 Å². The van der Waals surface area contributed by atoms with Gasteiger partial charge in [0.05, 0.1) is 0 Å². The Morgan fingerprint density at radius 1 is 0.541 bits per heavy atom. The molecule has 4 rings (SSSR count). The first kappa shape index (κ1) is 27.5. The minimum Gasteiger partial charge on any atom is -0.456 e. The summed E-state index contributed by atoms with van der Waals surface area (Å²) in [6.45, 7) is 27.5.